The van der Waals surface area contributed by atoms with Crippen LogP contribution in [0.15, 0.2) is 18.3 Å². The van der Waals surface area contributed by atoms with Crippen LogP contribution in [0, 0.1) is 0 Å². The van der Waals surface area contributed by atoms with Gasteiger partial charge in [-0.1, -0.05) is 0 Å². The normalized spacial score (nSPS) is 13.8. The highest BCUT2D eigenvalue weighted by Crippen LogP contribution is 2.07. The molecule has 0 saturated carbocycles. The van der Waals surface area contributed by atoms with E-state index in [0.717, 1.165) is 0 Å². The molecule has 0 fully saturated rings. The first-order valence-electron chi connectivity index (χ1n) is 5.65. The molecule has 1 aromatic rings. The van der Waals surface area contributed by atoms with Crippen LogP contribution in [0.5, 0.6) is 0 Å². The van der Waals surface area contributed by atoms with E-state index in [1.165, 1.54) is 11.1 Å². The molecular weight excluding hydrogens is 250 g/mol. The van der Waals surface area contributed by atoms with Gasteiger partial charge in [0.25, 0.3) is 5.91 Å². The van der Waals surface area contributed by atoms with Gasteiger partial charge in [0.05, 0.1) is 5.56 Å². The Labute approximate surface area is 110 Å². The number of nitrogens with one attached hydrogen (secondary N) is 1. The minimum atomic E-state index is -0.853. The number of aromatic nitrogens is 1. The first-order chi connectivity index (χ1) is 8.41. The van der Waals surface area contributed by atoms with Gasteiger partial charge >= 0.3 is 0 Å². The lowest BCUT2D eigenvalue weighted by molar-refractivity contribution is 0.0827. The summed E-state index contributed by atoms with van der Waals surface area (Å²) in [6.07, 6.45) is 3.22. The van der Waals surface area contributed by atoms with Gasteiger partial charge < -0.3 is 10.2 Å². The Kier molecular flexibility index (Phi) is 5.27. The molecular formula is C12H19N3O2S. The van der Waals surface area contributed by atoms with Gasteiger partial charge in [-0.05, 0) is 19.1 Å². The molecule has 0 aliphatic carbocycles. The molecule has 0 aromatic carbocycles. The van der Waals surface area contributed by atoms with Gasteiger partial charge in [-0.25, -0.2) is 4.98 Å². The smallest absolute Gasteiger partial charge is 0.254 e. The number of carbonyl (C=O) groups excluding carboxylic acids is 1. The van der Waals surface area contributed by atoms with E-state index in [9.17, 15) is 9.00 Å². The molecule has 1 aromatic heterocycles. The van der Waals surface area contributed by atoms with Gasteiger partial charge in [0.15, 0.2) is 0 Å². The SMILES string of the molecule is CC(CNc1ccc(C(=O)N(C)C)cn1)S(C)=O. The second-order valence-corrected chi connectivity index (χ2v) is 6.12. The van der Waals surface area contributed by atoms with E-state index in [-0.39, 0.29) is 11.2 Å². The molecule has 0 radical (unpaired) electrons. The average molecular weight is 269 g/mol. The number of anilines is 1. The first-order valence-corrected chi connectivity index (χ1v) is 7.27. The lowest BCUT2D eigenvalue weighted by atomic mass is 10.2. The molecule has 2 atom stereocenters. The number of pyridine rings is 1. The van der Waals surface area contributed by atoms with Gasteiger partial charge in [-0.3, -0.25) is 9.00 Å². The molecule has 100 valence electrons. The molecule has 5 nitrogen and oxygen atoms in total. The Hall–Kier alpha value is -1.43. The highest BCUT2D eigenvalue weighted by Gasteiger charge is 2.09. The van der Waals surface area contributed by atoms with Crippen molar-refractivity contribution in [2.45, 2.75) is 12.2 Å². The Morgan fingerprint density at radius 2 is 2.17 bits per heavy atom. The van der Waals surface area contributed by atoms with Crippen molar-refractivity contribution >= 4 is 22.5 Å². The predicted octanol–water partition coefficient (Wildman–Crippen LogP) is 0.962. The third-order valence-corrected chi connectivity index (χ3v) is 3.85. The molecule has 0 aliphatic rings. The van der Waals surface area contributed by atoms with Gasteiger partial charge in [0, 0.05) is 49.1 Å². The van der Waals surface area contributed by atoms with E-state index >= 15 is 0 Å². The second kappa shape index (κ2) is 6.49. The van der Waals surface area contributed by atoms with Gasteiger partial charge in [-0.2, -0.15) is 0 Å². The molecule has 1 amide bonds. The molecule has 1 N–H and O–H groups in total. The quantitative estimate of drug-likeness (QED) is 0.865. The summed E-state index contributed by atoms with van der Waals surface area (Å²) in [6.45, 7) is 2.50. The lowest BCUT2D eigenvalue weighted by Crippen LogP contribution is -2.22. The highest BCUT2D eigenvalue weighted by molar-refractivity contribution is 7.84. The van der Waals surface area contributed by atoms with Crippen LogP contribution >= 0.6 is 0 Å². The largest absolute Gasteiger partial charge is 0.369 e. The molecule has 18 heavy (non-hydrogen) atoms. The van der Waals surface area contributed by atoms with Gasteiger partial charge in [0.2, 0.25) is 0 Å². The fraction of sp³-hybridized carbons (Fsp3) is 0.500. The summed E-state index contributed by atoms with van der Waals surface area (Å²) in [5, 5.41) is 3.16. The summed E-state index contributed by atoms with van der Waals surface area (Å²) in [5.74, 6) is 0.611. The molecule has 1 heterocycles. The number of carbonyl (C=O) groups is 1. The summed E-state index contributed by atoms with van der Waals surface area (Å²) >= 11 is 0. The van der Waals surface area contributed by atoms with Crippen molar-refractivity contribution in [3.63, 3.8) is 0 Å². The van der Waals surface area contributed by atoms with Crippen LogP contribution in [0.1, 0.15) is 17.3 Å². The molecule has 1 rings (SSSR count). The number of nitrogens with zero attached hydrogens (tertiary/aromatic N) is 2. The van der Waals surface area contributed by atoms with Crippen molar-refractivity contribution in [2.75, 3.05) is 32.2 Å². The molecule has 0 aliphatic heterocycles. The fourth-order valence-electron chi connectivity index (χ4n) is 1.25. The molecule has 2 unspecified atom stereocenters. The zero-order valence-corrected chi connectivity index (χ0v) is 12.0. The Balaban J connectivity index is 2.61. The van der Waals surface area contributed by atoms with E-state index in [2.05, 4.69) is 10.3 Å². The maximum Gasteiger partial charge on any atom is 0.254 e. The van der Waals surface area contributed by atoms with Crippen LogP contribution in [0.2, 0.25) is 0 Å². The topological polar surface area (TPSA) is 62.3 Å². The van der Waals surface area contributed by atoms with E-state index < -0.39 is 10.8 Å². The number of hydrogen-bond donors (Lipinski definition) is 1. The number of hydrogen-bond acceptors (Lipinski definition) is 4. The van der Waals surface area contributed by atoms with Crippen molar-refractivity contribution < 1.29 is 9.00 Å². The maximum absolute atomic E-state index is 11.6. The van der Waals surface area contributed by atoms with Crippen molar-refractivity contribution in [1.29, 1.82) is 0 Å². The van der Waals surface area contributed by atoms with Crippen molar-refractivity contribution in [3.8, 4) is 0 Å². The van der Waals surface area contributed by atoms with Crippen LogP contribution in [-0.4, -0.2) is 52.1 Å². The van der Waals surface area contributed by atoms with Crippen LogP contribution in [0.3, 0.4) is 0 Å². The van der Waals surface area contributed by atoms with Crippen LogP contribution in [-0.2, 0) is 10.8 Å². The van der Waals surface area contributed by atoms with Crippen LogP contribution in [0.4, 0.5) is 5.82 Å². The monoisotopic (exact) mass is 269 g/mol. The van der Waals surface area contributed by atoms with Crippen LogP contribution < -0.4 is 5.32 Å². The molecule has 6 heteroatoms. The Morgan fingerprint density at radius 3 is 2.61 bits per heavy atom. The minimum absolute atomic E-state index is 0.0647. The Bertz CT molecular complexity index is 431. The van der Waals surface area contributed by atoms with Gasteiger partial charge in [-0.15, -0.1) is 0 Å². The second-order valence-electron chi connectivity index (χ2n) is 4.32. The maximum atomic E-state index is 11.6. The van der Waals surface area contributed by atoms with Crippen molar-refractivity contribution in [1.82, 2.24) is 9.88 Å². The number of amides is 1. The standard InChI is InChI=1S/C12H19N3O2S/c1-9(18(4)17)7-13-11-6-5-10(8-14-11)12(16)15(2)3/h5-6,8-9H,7H2,1-4H3,(H,13,14). The first kappa shape index (κ1) is 14.6. The van der Waals surface area contributed by atoms with Gasteiger partial charge in [0.1, 0.15) is 5.82 Å². The predicted molar refractivity (Wildman–Crippen MR) is 74.3 cm³/mol. The van der Waals surface area contributed by atoms with E-state index in [4.69, 9.17) is 0 Å². The van der Waals surface area contributed by atoms with Crippen LogP contribution in [0.25, 0.3) is 0 Å². The highest BCUT2D eigenvalue weighted by atomic mass is 32.2. The summed E-state index contributed by atoms with van der Waals surface area (Å²) in [6, 6.07) is 3.48. The lowest BCUT2D eigenvalue weighted by Gasteiger charge is -2.12. The zero-order valence-electron chi connectivity index (χ0n) is 11.1. The Morgan fingerprint density at radius 1 is 1.50 bits per heavy atom. The zero-order chi connectivity index (χ0) is 13.7. The minimum Gasteiger partial charge on any atom is -0.369 e. The summed E-state index contributed by atoms with van der Waals surface area (Å²) in [5.41, 5.74) is 0.553. The summed E-state index contributed by atoms with van der Waals surface area (Å²) in [7, 11) is 2.55. The third kappa shape index (κ3) is 4.10. The van der Waals surface area contributed by atoms with Crippen molar-refractivity contribution in [2.24, 2.45) is 0 Å². The molecule has 0 saturated heterocycles. The molecule has 0 bridgehead atoms. The summed E-state index contributed by atoms with van der Waals surface area (Å²) < 4.78 is 11.2. The van der Waals surface area contributed by atoms with E-state index in [1.807, 2.05) is 6.92 Å². The van der Waals surface area contributed by atoms with E-state index in [0.29, 0.717) is 17.9 Å². The average Bonchev–Trinajstić information content (AvgIpc) is 2.35. The third-order valence-electron chi connectivity index (χ3n) is 2.55. The molecule has 0 spiro atoms. The number of rotatable bonds is 5. The summed E-state index contributed by atoms with van der Waals surface area (Å²) in [4.78, 5) is 17.3. The van der Waals surface area contributed by atoms with Crippen molar-refractivity contribution in [3.05, 3.63) is 23.9 Å². The van der Waals surface area contributed by atoms with E-state index in [1.54, 1.807) is 32.5 Å². The fourth-order valence-corrected chi connectivity index (χ4v) is 1.57.